The topological polar surface area (TPSA) is 57.5 Å². The number of aliphatic hydroxyl groups is 1. The fourth-order valence-corrected chi connectivity index (χ4v) is 0.961. The first-order chi connectivity index (χ1) is 5.41. The molecule has 2 N–H and O–H groups in total. The van der Waals surface area contributed by atoms with Gasteiger partial charge in [-0.1, -0.05) is 20.4 Å². The van der Waals surface area contributed by atoms with Gasteiger partial charge in [0.25, 0.3) is 0 Å². The molecule has 70 valence electrons. The molecule has 0 aromatic heterocycles. The standard InChI is InChI=1S/C9H16O3/c1-7(8(11)12)9(2,3)5-4-6-10/h10H,1,4-6H2,2-3H3,(H,11,12). The van der Waals surface area contributed by atoms with Gasteiger partial charge in [0.05, 0.1) is 0 Å². The van der Waals surface area contributed by atoms with Crippen molar-refractivity contribution in [1.29, 1.82) is 0 Å². The first kappa shape index (κ1) is 11.2. The number of hydrogen-bond donors (Lipinski definition) is 2. The van der Waals surface area contributed by atoms with Crippen molar-refractivity contribution in [2.75, 3.05) is 6.61 Å². The molecule has 0 spiro atoms. The maximum atomic E-state index is 10.5. The predicted molar refractivity (Wildman–Crippen MR) is 46.9 cm³/mol. The molecule has 0 aromatic rings. The molecule has 0 unspecified atom stereocenters. The lowest BCUT2D eigenvalue weighted by molar-refractivity contribution is -0.133. The molecule has 0 fully saturated rings. The third kappa shape index (κ3) is 3.05. The van der Waals surface area contributed by atoms with Crippen molar-refractivity contribution < 1.29 is 15.0 Å². The van der Waals surface area contributed by atoms with Crippen molar-refractivity contribution in [3.8, 4) is 0 Å². The molecule has 0 saturated carbocycles. The second-order valence-electron chi connectivity index (χ2n) is 3.49. The van der Waals surface area contributed by atoms with Crippen molar-refractivity contribution in [3.63, 3.8) is 0 Å². The van der Waals surface area contributed by atoms with E-state index in [1.165, 1.54) is 0 Å². The number of hydrogen-bond acceptors (Lipinski definition) is 2. The van der Waals surface area contributed by atoms with Crippen LogP contribution in [0.1, 0.15) is 26.7 Å². The van der Waals surface area contributed by atoms with Crippen LogP contribution in [0.15, 0.2) is 12.2 Å². The van der Waals surface area contributed by atoms with Crippen LogP contribution in [0.2, 0.25) is 0 Å². The molecule has 0 bridgehead atoms. The van der Waals surface area contributed by atoms with E-state index in [1.54, 1.807) is 0 Å². The molecule has 0 heterocycles. The number of aliphatic carboxylic acids is 1. The zero-order chi connectivity index (χ0) is 9.78. The van der Waals surface area contributed by atoms with Crippen LogP contribution in [0, 0.1) is 5.41 Å². The van der Waals surface area contributed by atoms with Gasteiger partial charge in [-0.05, 0) is 18.3 Å². The van der Waals surface area contributed by atoms with Gasteiger partial charge in [-0.15, -0.1) is 0 Å². The van der Waals surface area contributed by atoms with E-state index in [4.69, 9.17) is 10.2 Å². The summed E-state index contributed by atoms with van der Waals surface area (Å²) in [4.78, 5) is 10.5. The summed E-state index contributed by atoms with van der Waals surface area (Å²) in [7, 11) is 0. The Labute approximate surface area is 72.7 Å². The van der Waals surface area contributed by atoms with Crippen molar-refractivity contribution in [2.45, 2.75) is 26.7 Å². The predicted octanol–water partition coefficient (Wildman–Crippen LogP) is 1.43. The van der Waals surface area contributed by atoms with Crippen molar-refractivity contribution in [2.24, 2.45) is 5.41 Å². The van der Waals surface area contributed by atoms with Crippen LogP contribution < -0.4 is 0 Å². The number of aliphatic hydroxyl groups excluding tert-OH is 1. The average Bonchev–Trinajstić information content (AvgIpc) is 1.99. The van der Waals surface area contributed by atoms with E-state index in [-0.39, 0.29) is 12.2 Å². The summed E-state index contributed by atoms with van der Waals surface area (Å²) < 4.78 is 0. The van der Waals surface area contributed by atoms with Crippen LogP contribution in [0.4, 0.5) is 0 Å². The minimum Gasteiger partial charge on any atom is -0.478 e. The van der Waals surface area contributed by atoms with Crippen molar-refractivity contribution in [3.05, 3.63) is 12.2 Å². The fourth-order valence-electron chi connectivity index (χ4n) is 0.961. The number of rotatable bonds is 5. The van der Waals surface area contributed by atoms with E-state index >= 15 is 0 Å². The van der Waals surface area contributed by atoms with E-state index in [2.05, 4.69) is 6.58 Å². The maximum Gasteiger partial charge on any atom is 0.331 e. The van der Waals surface area contributed by atoms with Crippen LogP contribution in [0.5, 0.6) is 0 Å². The monoisotopic (exact) mass is 172 g/mol. The van der Waals surface area contributed by atoms with Crippen LogP contribution in [-0.2, 0) is 4.79 Å². The molecule has 3 heteroatoms. The van der Waals surface area contributed by atoms with Crippen LogP contribution in [0.3, 0.4) is 0 Å². The molecule has 0 radical (unpaired) electrons. The van der Waals surface area contributed by atoms with Gasteiger partial charge in [0.2, 0.25) is 0 Å². The largest absolute Gasteiger partial charge is 0.478 e. The maximum absolute atomic E-state index is 10.5. The minimum atomic E-state index is -0.960. The fraction of sp³-hybridized carbons (Fsp3) is 0.667. The zero-order valence-electron chi connectivity index (χ0n) is 7.63. The summed E-state index contributed by atoms with van der Waals surface area (Å²) in [5.74, 6) is -0.960. The lowest BCUT2D eigenvalue weighted by Gasteiger charge is -2.23. The molecule has 0 rings (SSSR count). The number of carboxylic acids is 1. The van der Waals surface area contributed by atoms with Gasteiger partial charge < -0.3 is 10.2 Å². The molecule has 0 atom stereocenters. The Morgan fingerprint density at radius 2 is 2.00 bits per heavy atom. The highest BCUT2D eigenvalue weighted by Gasteiger charge is 2.25. The van der Waals surface area contributed by atoms with Crippen LogP contribution in [0.25, 0.3) is 0 Å². The van der Waals surface area contributed by atoms with Crippen LogP contribution >= 0.6 is 0 Å². The van der Waals surface area contributed by atoms with Crippen LogP contribution in [-0.4, -0.2) is 22.8 Å². The molecule has 0 aliphatic heterocycles. The summed E-state index contributed by atoms with van der Waals surface area (Å²) >= 11 is 0. The highest BCUT2D eigenvalue weighted by atomic mass is 16.4. The molecule has 0 aliphatic carbocycles. The smallest absolute Gasteiger partial charge is 0.331 e. The quantitative estimate of drug-likeness (QED) is 0.617. The molecular weight excluding hydrogens is 156 g/mol. The van der Waals surface area contributed by atoms with Crippen molar-refractivity contribution in [1.82, 2.24) is 0 Å². The first-order valence-corrected chi connectivity index (χ1v) is 3.95. The van der Waals surface area contributed by atoms with E-state index in [0.29, 0.717) is 12.8 Å². The first-order valence-electron chi connectivity index (χ1n) is 3.95. The highest BCUT2D eigenvalue weighted by Crippen LogP contribution is 2.30. The SMILES string of the molecule is C=C(C(=O)O)C(C)(C)CCCO. The Morgan fingerprint density at radius 1 is 1.50 bits per heavy atom. The van der Waals surface area contributed by atoms with E-state index in [1.807, 2.05) is 13.8 Å². The van der Waals surface area contributed by atoms with Crippen molar-refractivity contribution >= 4 is 5.97 Å². The second-order valence-corrected chi connectivity index (χ2v) is 3.49. The molecule has 12 heavy (non-hydrogen) atoms. The second kappa shape index (κ2) is 4.26. The van der Waals surface area contributed by atoms with Gasteiger partial charge in [-0.3, -0.25) is 0 Å². The molecule has 0 saturated heterocycles. The van der Waals surface area contributed by atoms with E-state index in [9.17, 15) is 4.79 Å². The van der Waals surface area contributed by atoms with Gasteiger partial charge in [0, 0.05) is 12.2 Å². The molecule has 3 nitrogen and oxygen atoms in total. The highest BCUT2D eigenvalue weighted by molar-refractivity contribution is 5.87. The zero-order valence-corrected chi connectivity index (χ0v) is 7.63. The Morgan fingerprint density at radius 3 is 2.33 bits per heavy atom. The molecule has 0 aromatic carbocycles. The Kier molecular flexibility index (Phi) is 3.96. The number of carboxylic acid groups (broad SMARTS) is 1. The van der Waals surface area contributed by atoms with Gasteiger partial charge >= 0.3 is 5.97 Å². The molecular formula is C9H16O3. The third-order valence-electron chi connectivity index (χ3n) is 2.03. The minimum absolute atomic E-state index is 0.0936. The lowest BCUT2D eigenvalue weighted by atomic mass is 9.81. The Balaban J connectivity index is 4.19. The van der Waals surface area contributed by atoms with Gasteiger partial charge in [-0.2, -0.15) is 0 Å². The summed E-state index contributed by atoms with van der Waals surface area (Å²) in [5.41, 5.74) is -0.217. The third-order valence-corrected chi connectivity index (χ3v) is 2.03. The Bertz CT molecular complexity index is 182. The molecule has 0 amide bonds. The van der Waals surface area contributed by atoms with E-state index in [0.717, 1.165) is 0 Å². The number of carbonyl (C=O) groups is 1. The molecule has 0 aliphatic rings. The summed E-state index contributed by atoms with van der Waals surface area (Å²) in [6.45, 7) is 7.23. The van der Waals surface area contributed by atoms with Gasteiger partial charge in [0.15, 0.2) is 0 Å². The van der Waals surface area contributed by atoms with Gasteiger partial charge in [0.1, 0.15) is 0 Å². The van der Waals surface area contributed by atoms with Gasteiger partial charge in [-0.25, -0.2) is 4.79 Å². The normalized spacial score (nSPS) is 11.2. The summed E-state index contributed by atoms with van der Waals surface area (Å²) in [6, 6.07) is 0. The Hall–Kier alpha value is -0.830. The summed E-state index contributed by atoms with van der Waals surface area (Å²) in [6.07, 6.45) is 1.26. The van der Waals surface area contributed by atoms with E-state index < -0.39 is 11.4 Å². The summed E-state index contributed by atoms with van der Waals surface area (Å²) in [5, 5.41) is 17.2. The average molecular weight is 172 g/mol. The lowest BCUT2D eigenvalue weighted by Crippen LogP contribution is -2.20.